The Morgan fingerprint density at radius 3 is 1.13 bits per heavy atom. The van der Waals surface area contributed by atoms with Crippen LogP contribution in [0, 0.1) is 11.8 Å². The quantitative estimate of drug-likeness (QED) is 0.0343. The van der Waals surface area contributed by atoms with Crippen LogP contribution in [0.1, 0.15) is 196 Å². The Balaban J connectivity index is 0.000000476. The Morgan fingerprint density at radius 1 is 0.413 bits per heavy atom. The standard InChI is InChI=1S/C31H34O7.C23H46O2/c1-4-22(3)29(32)36-21-7-6-20-35-26-16-10-24(11-17-26)30(33)38-28-18-12-25(13-19-28)31(34)37-27-14-8-23(5-2)9-15-27;1-4-6-7-8-9-10-11-12-13-14-15-16-17-18-19-20-21-25-23(24)22(3)5-2/h8-19,22H,4-7,20-21H2,1-3H3;22H,4-21H2,1-3H3. The molecule has 0 saturated carbocycles. The maximum absolute atomic E-state index is 12.5. The zero-order valence-corrected chi connectivity index (χ0v) is 39.7. The Labute approximate surface area is 380 Å². The van der Waals surface area contributed by atoms with Crippen LogP contribution in [0.2, 0.25) is 0 Å². The van der Waals surface area contributed by atoms with Gasteiger partial charge in [-0.2, -0.15) is 0 Å². The molecule has 350 valence electrons. The summed E-state index contributed by atoms with van der Waals surface area (Å²) in [4.78, 5) is 48.0. The van der Waals surface area contributed by atoms with Gasteiger partial charge in [0.05, 0.1) is 42.8 Å². The summed E-state index contributed by atoms with van der Waals surface area (Å²) in [6.07, 6.45) is 26.0. The van der Waals surface area contributed by atoms with Gasteiger partial charge in [0, 0.05) is 0 Å². The largest absolute Gasteiger partial charge is 0.494 e. The van der Waals surface area contributed by atoms with Crippen molar-refractivity contribution < 1.29 is 42.9 Å². The van der Waals surface area contributed by atoms with Crippen molar-refractivity contribution in [2.75, 3.05) is 19.8 Å². The zero-order valence-electron chi connectivity index (χ0n) is 39.7. The average molecular weight is 873 g/mol. The van der Waals surface area contributed by atoms with Crippen molar-refractivity contribution in [3.8, 4) is 17.2 Å². The van der Waals surface area contributed by atoms with Crippen molar-refractivity contribution in [2.24, 2.45) is 11.8 Å². The fraction of sp³-hybridized carbons (Fsp3) is 0.593. The fourth-order valence-corrected chi connectivity index (χ4v) is 6.48. The number of rotatable bonds is 32. The molecule has 3 rings (SSSR count). The summed E-state index contributed by atoms with van der Waals surface area (Å²) in [5, 5.41) is 0. The molecule has 0 aromatic heterocycles. The van der Waals surface area contributed by atoms with E-state index in [-0.39, 0.29) is 23.8 Å². The van der Waals surface area contributed by atoms with Crippen molar-refractivity contribution in [1.82, 2.24) is 0 Å². The molecule has 63 heavy (non-hydrogen) atoms. The Morgan fingerprint density at radius 2 is 0.746 bits per heavy atom. The summed E-state index contributed by atoms with van der Waals surface area (Å²) in [5.74, 6) is 0.193. The van der Waals surface area contributed by atoms with Crippen LogP contribution in [0.3, 0.4) is 0 Å². The molecule has 2 atom stereocenters. The van der Waals surface area contributed by atoms with E-state index in [1.165, 1.54) is 96.3 Å². The van der Waals surface area contributed by atoms with E-state index in [9.17, 15) is 19.2 Å². The highest BCUT2D eigenvalue weighted by molar-refractivity contribution is 5.92. The SMILES string of the molecule is CCCCCCCCCCCCCCCCCCOC(=O)C(C)CC.CCc1ccc(OC(=O)c2ccc(OC(=O)c3ccc(OCCCCOC(=O)C(C)CC)cc3)cc2)cc1. The molecule has 0 radical (unpaired) electrons. The molecule has 0 fully saturated rings. The van der Waals surface area contributed by atoms with Gasteiger partial charge in [0.15, 0.2) is 0 Å². The van der Waals surface area contributed by atoms with E-state index in [1.807, 2.05) is 39.8 Å². The van der Waals surface area contributed by atoms with Crippen LogP contribution in [-0.2, 0) is 25.5 Å². The van der Waals surface area contributed by atoms with Crippen LogP contribution in [0.15, 0.2) is 72.8 Å². The van der Waals surface area contributed by atoms with Crippen molar-refractivity contribution in [3.05, 3.63) is 89.5 Å². The van der Waals surface area contributed by atoms with Crippen LogP contribution in [0.4, 0.5) is 0 Å². The van der Waals surface area contributed by atoms with E-state index >= 15 is 0 Å². The van der Waals surface area contributed by atoms with Crippen LogP contribution in [-0.4, -0.2) is 43.7 Å². The van der Waals surface area contributed by atoms with Crippen molar-refractivity contribution in [2.45, 2.75) is 176 Å². The van der Waals surface area contributed by atoms with E-state index in [4.69, 9.17) is 23.7 Å². The van der Waals surface area contributed by atoms with Crippen molar-refractivity contribution in [3.63, 3.8) is 0 Å². The molecule has 0 N–H and O–H groups in total. The molecule has 0 spiro atoms. The van der Waals surface area contributed by atoms with Gasteiger partial charge in [-0.25, -0.2) is 9.59 Å². The number of esters is 4. The Kier molecular flexibility index (Phi) is 30.1. The molecular formula is C54H80O9. The third-order valence-corrected chi connectivity index (χ3v) is 11.3. The van der Waals surface area contributed by atoms with Gasteiger partial charge in [0.2, 0.25) is 0 Å². The van der Waals surface area contributed by atoms with E-state index in [2.05, 4.69) is 13.8 Å². The zero-order chi connectivity index (χ0) is 45.9. The Hall–Kier alpha value is -4.66. The van der Waals surface area contributed by atoms with Gasteiger partial charge < -0.3 is 23.7 Å². The minimum Gasteiger partial charge on any atom is -0.494 e. The van der Waals surface area contributed by atoms with E-state index in [0.29, 0.717) is 48.2 Å². The first-order valence-corrected chi connectivity index (χ1v) is 24.3. The maximum atomic E-state index is 12.5. The van der Waals surface area contributed by atoms with Gasteiger partial charge >= 0.3 is 23.9 Å². The normalized spacial score (nSPS) is 11.7. The minimum absolute atomic E-state index is 0.0246. The van der Waals surface area contributed by atoms with Gasteiger partial charge in [0.1, 0.15) is 17.2 Å². The lowest BCUT2D eigenvalue weighted by Crippen LogP contribution is -2.15. The van der Waals surface area contributed by atoms with Gasteiger partial charge in [-0.15, -0.1) is 0 Å². The van der Waals surface area contributed by atoms with Gasteiger partial charge in [0.25, 0.3) is 0 Å². The molecule has 0 bridgehead atoms. The molecule has 3 aromatic rings. The number of benzene rings is 3. The molecule has 2 unspecified atom stereocenters. The summed E-state index contributed by atoms with van der Waals surface area (Å²) in [6, 6.07) is 20.2. The summed E-state index contributed by atoms with van der Waals surface area (Å²) in [5.41, 5.74) is 1.87. The second-order valence-corrected chi connectivity index (χ2v) is 16.6. The lowest BCUT2D eigenvalue weighted by molar-refractivity contribution is -0.149. The van der Waals surface area contributed by atoms with Crippen molar-refractivity contribution >= 4 is 23.9 Å². The third kappa shape index (κ3) is 25.3. The summed E-state index contributed by atoms with van der Waals surface area (Å²) >= 11 is 0. The molecule has 3 aromatic carbocycles. The molecule has 0 saturated heterocycles. The number of unbranched alkanes of at least 4 members (excludes halogenated alkanes) is 16. The number of hydrogen-bond acceptors (Lipinski definition) is 9. The lowest BCUT2D eigenvalue weighted by Gasteiger charge is -2.10. The predicted molar refractivity (Wildman–Crippen MR) is 254 cm³/mol. The third-order valence-electron chi connectivity index (χ3n) is 11.3. The van der Waals surface area contributed by atoms with Crippen LogP contribution in [0.25, 0.3) is 0 Å². The molecule has 0 heterocycles. The number of carbonyl (C=O) groups is 4. The van der Waals surface area contributed by atoms with Crippen LogP contribution < -0.4 is 14.2 Å². The number of hydrogen-bond donors (Lipinski definition) is 0. The topological polar surface area (TPSA) is 114 Å². The summed E-state index contributed by atoms with van der Waals surface area (Å²) < 4.78 is 27.0. The van der Waals surface area contributed by atoms with Gasteiger partial charge in [-0.1, -0.05) is 150 Å². The second kappa shape index (κ2) is 34.8. The van der Waals surface area contributed by atoms with Gasteiger partial charge in [-0.05, 0) is 105 Å². The molecule has 0 amide bonds. The van der Waals surface area contributed by atoms with Crippen molar-refractivity contribution in [1.29, 1.82) is 0 Å². The molecule has 0 aliphatic carbocycles. The average Bonchev–Trinajstić information content (AvgIpc) is 3.31. The van der Waals surface area contributed by atoms with Gasteiger partial charge in [-0.3, -0.25) is 9.59 Å². The van der Waals surface area contributed by atoms with E-state index in [1.54, 1.807) is 60.7 Å². The molecule has 9 heteroatoms. The predicted octanol–water partition coefficient (Wildman–Crippen LogP) is 14.3. The highest BCUT2D eigenvalue weighted by Crippen LogP contribution is 2.20. The number of ether oxygens (including phenoxy) is 5. The molecule has 9 nitrogen and oxygen atoms in total. The molecule has 0 aliphatic rings. The molecule has 0 aliphatic heterocycles. The highest BCUT2D eigenvalue weighted by atomic mass is 16.5. The lowest BCUT2D eigenvalue weighted by atomic mass is 10.0. The first-order valence-electron chi connectivity index (χ1n) is 24.3. The maximum Gasteiger partial charge on any atom is 0.343 e. The summed E-state index contributed by atoms with van der Waals surface area (Å²) in [6.45, 7) is 13.6. The number of carbonyl (C=O) groups excluding carboxylic acids is 4. The van der Waals surface area contributed by atoms with E-state index in [0.717, 1.165) is 44.1 Å². The minimum atomic E-state index is -0.522. The second-order valence-electron chi connectivity index (χ2n) is 16.6. The molecular weight excluding hydrogens is 793 g/mol. The van der Waals surface area contributed by atoms with E-state index < -0.39 is 11.9 Å². The summed E-state index contributed by atoms with van der Waals surface area (Å²) in [7, 11) is 0. The smallest absolute Gasteiger partial charge is 0.343 e. The highest BCUT2D eigenvalue weighted by Gasteiger charge is 2.14. The monoisotopic (exact) mass is 873 g/mol. The van der Waals surface area contributed by atoms with Crippen LogP contribution >= 0.6 is 0 Å². The Bertz CT molecular complexity index is 1650. The van der Waals surface area contributed by atoms with Crippen LogP contribution in [0.5, 0.6) is 17.2 Å². The first kappa shape index (κ1) is 54.5. The fourth-order valence-electron chi connectivity index (χ4n) is 6.48. The first-order chi connectivity index (χ1) is 30.6. The number of aryl methyl sites for hydroxylation is 1.